The van der Waals surface area contributed by atoms with Gasteiger partial charge < -0.3 is 10.1 Å². The number of benzene rings is 1. The second-order valence-electron chi connectivity index (χ2n) is 5.17. The standard InChI is InChI=1S/C14H22BrNO/c1-14(2,3)12-9-11(7-8-16-10-15)5-6-13(12)17-4/h5-6,9,16H,7-8,10H2,1-4H3. The average Bonchev–Trinajstić information content (AvgIpc) is 2.28. The van der Waals surface area contributed by atoms with Crippen LogP contribution in [0, 0.1) is 0 Å². The molecule has 0 heterocycles. The van der Waals surface area contributed by atoms with E-state index in [1.54, 1.807) is 7.11 Å². The fourth-order valence-corrected chi connectivity index (χ4v) is 2.08. The van der Waals surface area contributed by atoms with Crippen molar-refractivity contribution in [3.63, 3.8) is 0 Å². The maximum atomic E-state index is 5.43. The molecule has 1 aromatic carbocycles. The highest BCUT2D eigenvalue weighted by molar-refractivity contribution is 9.09. The van der Waals surface area contributed by atoms with Crippen LogP contribution in [0.1, 0.15) is 31.9 Å². The van der Waals surface area contributed by atoms with E-state index in [9.17, 15) is 0 Å². The quantitative estimate of drug-likeness (QED) is 0.511. The van der Waals surface area contributed by atoms with Gasteiger partial charge in [0.1, 0.15) is 5.75 Å². The first-order valence-electron chi connectivity index (χ1n) is 5.93. The van der Waals surface area contributed by atoms with Crippen LogP contribution < -0.4 is 10.1 Å². The van der Waals surface area contributed by atoms with Crippen molar-refractivity contribution < 1.29 is 4.74 Å². The summed E-state index contributed by atoms with van der Waals surface area (Å²) in [5.74, 6) is 0.981. The largest absolute Gasteiger partial charge is 0.496 e. The number of alkyl halides is 1. The Balaban J connectivity index is 2.89. The molecule has 0 unspecified atom stereocenters. The van der Waals surface area contributed by atoms with Gasteiger partial charge in [-0.2, -0.15) is 0 Å². The maximum Gasteiger partial charge on any atom is 0.122 e. The highest BCUT2D eigenvalue weighted by atomic mass is 79.9. The molecule has 0 bridgehead atoms. The summed E-state index contributed by atoms with van der Waals surface area (Å²) in [6.07, 6.45) is 1.04. The third-order valence-corrected chi connectivity index (χ3v) is 3.15. The minimum Gasteiger partial charge on any atom is -0.496 e. The summed E-state index contributed by atoms with van der Waals surface area (Å²) in [7, 11) is 1.73. The van der Waals surface area contributed by atoms with Crippen molar-refractivity contribution in [1.29, 1.82) is 0 Å². The predicted octanol–water partition coefficient (Wildman–Crippen LogP) is 3.48. The topological polar surface area (TPSA) is 21.3 Å². The second kappa shape index (κ2) is 6.41. The van der Waals surface area contributed by atoms with Crippen LogP contribution in [-0.4, -0.2) is 19.1 Å². The molecule has 0 amide bonds. The summed E-state index contributed by atoms with van der Waals surface area (Å²) < 4.78 is 5.43. The van der Waals surface area contributed by atoms with Gasteiger partial charge in [-0.25, -0.2) is 0 Å². The van der Waals surface area contributed by atoms with Gasteiger partial charge in [0.05, 0.1) is 12.6 Å². The van der Waals surface area contributed by atoms with Crippen LogP contribution in [0.2, 0.25) is 0 Å². The van der Waals surface area contributed by atoms with E-state index in [1.165, 1.54) is 11.1 Å². The normalized spacial score (nSPS) is 11.6. The lowest BCUT2D eigenvalue weighted by Crippen LogP contribution is -2.16. The van der Waals surface area contributed by atoms with Crippen molar-refractivity contribution >= 4 is 15.9 Å². The fourth-order valence-electron chi connectivity index (χ4n) is 1.80. The van der Waals surface area contributed by atoms with Crippen molar-refractivity contribution in [1.82, 2.24) is 5.32 Å². The SMILES string of the molecule is COc1ccc(CCNCBr)cc1C(C)(C)C. The smallest absolute Gasteiger partial charge is 0.122 e. The minimum absolute atomic E-state index is 0.115. The van der Waals surface area contributed by atoms with Crippen molar-refractivity contribution in [2.45, 2.75) is 32.6 Å². The first-order chi connectivity index (χ1) is 7.99. The van der Waals surface area contributed by atoms with E-state index in [0.29, 0.717) is 0 Å². The van der Waals surface area contributed by atoms with E-state index in [-0.39, 0.29) is 5.41 Å². The van der Waals surface area contributed by atoms with E-state index in [0.717, 1.165) is 24.2 Å². The number of halogens is 1. The highest BCUT2D eigenvalue weighted by Gasteiger charge is 2.18. The number of hydrogen-bond acceptors (Lipinski definition) is 2. The molecule has 1 aromatic rings. The summed E-state index contributed by atoms with van der Waals surface area (Å²) >= 11 is 3.36. The molecule has 0 atom stereocenters. The van der Waals surface area contributed by atoms with Crippen LogP contribution in [0.3, 0.4) is 0 Å². The van der Waals surface area contributed by atoms with Gasteiger partial charge >= 0.3 is 0 Å². The summed E-state index contributed by atoms with van der Waals surface area (Å²) in [6, 6.07) is 6.47. The number of nitrogens with one attached hydrogen (secondary N) is 1. The Kier molecular flexibility index (Phi) is 5.47. The fraction of sp³-hybridized carbons (Fsp3) is 0.571. The van der Waals surface area contributed by atoms with E-state index in [4.69, 9.17) is 4.74 Å². The first-order valence-corrected chi connectivity index (χ1v) is 7.05. The van der Waals surface area contributed by atoms with Gasteiger partial charge in [-0.3, -0.25) is 0 Å². The highest BCUT2D eigenvalue weighted by Crippen LogP contribution is 2.31. The first kappa shape index (κ1) is 14.5. The molecule has 0 aliphatic rings. The molecule has 0 saturated heterocycles. The molecule has 0 radical (unpaired) electrons. The van der Waals surface area contributed by atoms with Crippen LogP contribution in [0.15, 0.2) is 18.2 Å². The van der Waals surface area contributed by atoms with Crippen molar-refractivity contribution in [3.8, 4) is 5.75 Å². The Labute approximate surface area is 113 Å². The molecule has 2 nitrogen and oxygen atoms in total. The van der Waals surface area contributed by atoms with Crippen molar-refractivity contribution in [2.24, 2.45) is 0 Å². The van der Waals surface area contributed by atoms with Crippen molar-refractivity contribution in [3.05, 3.63) is 29.3 Å². The number of hydrogen-bond donors (Lipinski definition) is 1. The van der Waals surface area contributed by atoms with Gasteiger partial charge in [0.2, 0.25) is 0 Å². The average molecular weight is 300 g/mol. The molecule has 96 valence electrons. The number of rotatable bonds is 5. The predicted molar refractivity (Wildman–Crippen MR) is 77.2 cm³/mol. The Morgan fingerprint density at radius 1 is 1.29 bits per heavy atom. The molecule has 0 saturated carbocycles. The molecule has 0 fully saturated rings. The molecular formula is C14H22BrNO. The zero-order valence-corrected chi connectivity index (χ0v) is 12.7. The van der Waals surface area contributed by atoms with E-state index >= 15 is 0 Å². The van der Waals surface area contributed by atoms with Crippen LogP contribution in [-0.2, 0) is 11.8 Å². The summed E-state index contributed by atoms with van der Waals surface area (Å²) in [5.41, 5.74) is 3.58. The summed E-state index contributed by atoms with van der Waals surface area (Å²) in [4.78, 5) is 0. The van der Waals surface area contributed by atoms with Gasteiger partial charge in [-0.15, -0.1) is 0 Å². The van der Waals surface area contributed by atoms with Crippen LogP contribution in [0.5, 0.6) is 5.75 Å². The van der Waals surface area contributed by atoms with E-state index in [1.807, 2.05) is 0 Å². The Hall–Kier alpha value is -0.540. The third-order valence-electron chi connectivity index (χ3n) is 2.76. The van der Waals surface area contributed by atoms with Crippen LogP contribution >= 0.6 is 15.9 Å². The molecule has 1 rings (SSSR count). The van der Waals surface area contributed by atoms with Crippen LogP contribution in [0.4, 0.5) is 0 Å². The lowest BCUT2D eigenvalue weighted by Gasteiger charge is -2.23. The number of methoxy groups -OCH3 is 1. The van der Waals surface area contributed by atoms with Gasteiger partial charge in [0.25, 0.3) is 0 Å². The van der Waals surface area contributed by atoms with Gasteiger partial charge in [0, 0.05) is 0 Å². The second-order valence-corrected chi connectivity index (χ2v) is 5.73. The molecular weight excluding hydrogens is 278 g/mol. The van der Waals surface area contributed by atoms with Crippen LogP contribution in [0.25, 0.3) is 0 Å². The number of ether oxygens (including phenoxy) is 1. The Morgan fingerprint density at radius 3 is 2.53 bits per heavy atom. The van der Waals surface area contributed by atoms with E-state index in [2.05, 4.69) is 60.2 Å². The lowest BCUT2D eigenvalue weighted by atomic mass is 9.85. The summed E-state index contributed by atoms with van der Waals surface area (Å²) in [6.45, 7) is 7.63. The molecule has 3 heteroatoms. The maximum absolute atomic E-state index is 5.43. The molecule has 0 aliphatic heterocycles. The molecule has 0 spiro atoms. The Bertz CT molecular complexity index is 358. The molecule has 1 N–H and O–H groups in total. The molecule has 0 aliphatic carbocycles. The van der Waals surface area contributed by atoms with Gasteiger partial charge in [0.15, 0.2) is 0 Å². The zero-order chi connectivity index (χ0) is 12.9. The molecule has 0 aromatic heterocycles. The monoisotopic (exact) mass is 299 g/mol. The van der Waals surface area contributed by atoms with Crippen molar-refractivity contribution in [2.75, 3.05) is 19.1 Å². The van der Waals surface area contributed by atoms with Gasteiger partial charge in [-0.1, -0.05) is 48.8 Å². The van der Waals surface area contributed by atoms with Gasteiger partial charge in [-0.05, 0) is 35.6 Å². The third kappa shape index (κ3) is 4.32. The molecule has 17 heavy (non-hydrogen) atoms. The zero-order valence-electron chi connectivity index (χ0n) is 11.1. The van der Waals surface area contributed by atoms with E-state index < -0.39 is 0 Å². The lowest BCUT2D eigenvalue weighted by molar-refractivity contribution is 0.397. The Morgan fingerprint density at radius 2 is 2.00 bits per heavy atom. The minimum atomic E-state index is 0.115. The summed E-state index contributed by atoms with van der Waals surface area (Å²) in [5, 5.41) is 3.27.